The molecule has 1 aliphatic heterocycles. The molecular formula is C18H21ClFN7O3P2S. The Kier molecular flexibility index (Phi) is 6.82. The van der Waals surface area contributed by atoms with Crippen molar-refractivity contribution in [3.63, 3.8) is 0 Å². The lowest BCUT2D eigenvalue weighted by Crippen LogP contribution is -2.33. The summed E-state index contributed by atoms with van der Waals surface area (Å²) in [6, 6.07) is -0.414. The third kappa shape index (κ3) is 4.41. The van der Waals surface area contributed by atoms with Gasteiger partial charge in [-0.25, -0.2) is 27.8 Å². The molecule has 176 valence electrons. The number of rotatable bonds is 6. The Hall–Kier alpha value is -2.00. The van der Waals surface area contributed by atoms with E-state index < -0.39 is 32.0 Å². The van der Waals surface area contributed by atoms with Gasteiger partial charge in [-0.15, -0.1) is 9.24 Å². The molecule has 0 saturated heterocycles. The second kappa shape index (κ2) is 9.33. The smallest absolute Gasteiger partial charge is 0.249 e. The SMILES string of the molecule is CPN(CP)c1nccnc1[C@@H](C)N1CCOc2nc(Cl)c(F)c3nc(S(C)(=O)=O)nc1c23. The fourth-order valence-electron chi connectivity index (χ4n) is 3.55. The van der Waals surface area contributed by atoms with Crippen LogP contribution in [0.1, 0.15) is 18.7 Å². The quantitative estimate of drug-likeness (QED) is 0.267. The first-order valence-electron chi connectivity index (χ1n) is 9.79. The van der Waals surface area contributed by atoms with Gasteiger partial charge in [-0.2, -0.15) is 4.98 Å². The van der Waals surface area contributed by atoms with Gasteiger partial charge in [0.1, 0.15) is 29.0 Å². The zero-order valence-electron chi connectivity index (χ0n) is 18.0. The van der Waals surface area contributed by atoms with E-state index in [1.165, 1.54) is 0 Å². The first-order valence-corrected chi connectivity index (χ1v) is 14.3. The summed E-state index contributed by atoms with van der Waals surface area (Å²) in [5, 5.41) is -0.823. The minimum Gasteiger partial charge on any atom is -0.475 e. The van der Waals surface area contributed by atoms with E-state index in [1.807, 2.05) is 13.6 Å². The van der Waals surface area contributed by atoms with Crippen molar-refractivity contribution in [2.75, 3.05) is 41.9 Å². The summed E-state index contributed by atoms with van der Waals surface area (Å²) in [6.45, 7) is 4.41. The molecule has 0 spiro atoms. The molecule has 0 aromatic carbocycles. The number of sulfone groups is 1. The largest absolute Gasteiger partial charge is 0.475 e. The molecule has 4 heterocycles. The molecule has 0 bridgehead atoms. The Morgan fingerprint density at radius 3 is 2.73 bits per heavy atom. The van der Waals surface area contributed by atoms with Gasteiger partial charge in [-0.3, -0.25) is 4.98 Å². The molecule has 3 atom stereocenters. The summed E-state index contributed by atoms with van der Waals surface area (Å²) in [7, 11) is -0.740. The highest BCUT2D eigenvalue weighted by Gasteiger charge is 2.32. The Morgan fingerprint density at radius 1 is 1.33 bits per heavy atom. The summed E-state index contributed by atoms with van der Waals surface area (Å²) < 4.78 is 47.4. The van der Waals surface area contributed by atoms with Crippen LogP contribution in [-0.2, 0) is 9.84 Å². The summed E-state index contributed by atoms with van der Waals surface area (Å²) in [5.74, 6) is -0.0255. The lowest BCUT2D eigenvalue weighted by molar-refractivity contribution is 0.315. The zero-order valence-corrected chi connectivity index (χ0v) is 21.7. The van der Waals surface area contributed by atoms with Gasteiger partial charge in [0.25, 0.3) is 0 Å². The monoisotopic (exact) mass is 531 g/mol. The number of ether oxygens (including phenoxy) is 1. The predicted octanol–water partition coefficient (Wildman–Crippen LogP) is 2.83. The van der Waals surface area contributed by atoms with Crippen LogP contribution in [0.25, 0.3) is 10.9 Å². The maximum atomic E-state index is 14.9. The van der Waals surface area contributed by atoms with E-state index in [0.29, 0.717) is 33.1 Å². The molecule has 3 aromatic heterocycles. The third-order valence-corrected chi connectivity index (χ3v) is 7.89. The molecule has 0 amide bonds. The molecule has 0 fully saturated rings. The Bertz CT molecular complexity index is 1330. The molecular weight excluding hydrogens is 511 g/mol. The number of aromatic nitrogens is 5. The number of halogens is 2. The van der Waals surface area contributed by atoms with Gasteiger partial charge in [0, 0.05) is 24.9 Å². The van der Waals surface area contributed by atoms with Gasteiger partial charge >= 0.3 is 0 Å². The number of hydrogen-bond donors (Lipinski definition) is 0. The minimum atomic E-state index is -3.86. The first kappa shape index (κ1) is 24.1. The van der Waals surface area contributed by atoms with Crippen molar-refractivity contribution in [3.05, 3.63) is 29.1 Å². The normalized spacial score (nSPS) is 15.0. The highest BCUT2D eigenvalue weighted by atomic mass is 35.5. The van der Waals surface area contributed by atoms with E-state index in [-0.39, 0.29) is 29.2 Å². The van der Waals surface area contributed by atoms with Crippen LogP contribution < -0.4 is 14.3 Å². The Morgan fingerprint density at radius 2 is 2.06 bits per heavy atom. The molecule has 33 heavy (non-hydrogen) atoms. The lowest BCUT2D eigenvalue weighted by atomic mass is 10.1. The average molecular weight is 532 g/mol. The van der Waals surface area contributed by atoms with Gasteiger partial charge in [0.15, 0.2) is 16.8 Å². The van der Waals surface area contributed by atoms with Crippen molar-refractivity contribution in [1.82, 2.24) is 24.9 Å². The minimum absolute atomic E-state index is 0.0437. The topological polar surface area (TPSA) is 114 Å². The molecule has 2 unspecified atom stereocenters. The van der Waals surface area contributed by atoms with Crippen molar-refractivity contribution in [2.45, 2.75) is 18.1 Å². The van der Waals surface area contributed by atoms with Crippen LogP contribution in [0.5, 0.6) is 5.88 Å². The molecule has 0 aliphatic carbocycles. The highest BCUT2D eigenvalue weighted by molar-refractivity contribution is 7.90. The molecule has 0 N–H and O–H groups in total. The van der Waals surface area contributed by atoms with Crippen molar-refractivity contribution >= 4 is 61.9 Å². The van der Waals surface area contributed by atoms with Crippen LogP contribution >= 0.6 is 29.6 Å². The van der Waals surface area contributed by atoms with Crippen molar-refractivity contribution in [1.29, 1.82) is 0 Å². The molecule has 10 nitrogen and oxygen atoms in total. The predicted molar refractivity (Wildman–Crippen MR) is 130 cm³/mol. The molecule has 3 aromatic rings. The van der Waals surface area contributed by atoms with Crippen LogP contribution in [-0.4, -0.2) is 65.7 Å². The van der Waals surface area contributed by atoms with Crippen molar-refractivity contribution in [3.8, 4) is 5.88 Å². The fraction of sp³-hybridized carbons (Fsp3) is 0.389. The van der Waals surface area contributed by atoms with E-state index in [1.54, 1.807) is 17.3 Å². The maximum absolute atomic E-state index is 14.9. The van der Waals surface area contributed by atoms with Crippen LogP contribution in [0.15, 0.2) is 17.6 Å². The fourth-order valence-corrected chi connectivity index (χ4v) is 5.52. The van der Waals surface area contributed by atoms with Gasteiger partial charge in [-0.1, -0.05) is 11.6 Å². The van der Waals surface area contributed by atoms with Gasteiger partial charge in [0.05, 0.1) is 12.6 Å². The number of anilines is 2. The molecule has 0 radical (unpaired) electrons. The van der Waals surface area contributed by atoms with Crippen LogP contribution in [0.3, 0.4) is 0 Å². The van der Waals surface area contributed by atoms with Crippen molar-refractivity contribution in [2.24, 2.45) is 0 Å². The highest BCUT2D eigenvalue weighted by Crippen LogP contribution is 2.41. The Labute approximate surface area is 199 Å². The number of nitrogens with zero attached hydrogens (tertiary/aromatic N) is 7. The van der Waals surface area contributed by atoms with Crippen LogP contribution in [0, 0.1) is 5.82 Å². The summed E-state index contributed by atoms with van der Waals surface area (Å²) >= 11 is 5.94. The van der Waals surface area contributed by atoms with E-state index >= 15 is 0 Å². The van der Waals surface area contributed by atoms with Gasteiger partial charge in [-0.05, 0) is 22.3 Å². The van der Waals surface area contributed by atoms with E-state index in [0.717, 1.165) is 6.26 Å². The third-order valence-electron chi connectivity index (χ3n) is 5.12. The lowest BCUT2D eigenvalue weighted by Gasteiger charge is -2.31. The average Bonchev–Trinajstić information content (AvgIpc) is 2.97. The van der Waals surface area contributed by atoms with E-state index in [4.69, 9.17) is 16.3 Å². The second-order valence-electron chi connectivity index (χ2n) is 7.16. The van der Waals surface area contributed by atoms with Crippen LogP contribution in [0.2, 0.25) is 5.15 Å². The number of hydrogen-bond acceptors (Lipinski definition) is 10. The van der Waals surface area contributed by atoms with E-state index in [2.05, 4.69) is 38.8 Å². The molecule has 1 aliphatic rings. The van der Waals surface area contributed by atoms with Gasteiger partial charge in [0.2, 0.25) is 20.9 Å². The van der Waals surface area contributed by atoms with Gasteiger partial charge < -0.3 is 14.3 Å². The van der Waals surface area contributed by atoms with E-state index in [9.17, 15) is 12.8 Å². The summed E-state index contributed by atoms with van der Waals surface area (Å²) in [4.78, 5) is 23.1. The standard InChI is InChI=1S/C18H21ClFN7O3P2S/c1-9(12-16(22-5-4-21-12)27(8-31)32-2)26-6-7-30-17-10-13(11(20)14(19)24-17)23-18(25-15(10)26)33(3,28)29/h4-5,9,32H,6-8,31H2,1-3H3/t9-/m1/s1. The Balaban J connectivity index is 1.98. The van der Waals surface area contributed by atoms with Crippen molar-refractivity contribution < 1.29 is 17.5 Å². The summed E-state index contributed by atoms with van der Waals surface area (Å²) in [6.07, 6.45) is 4.83. The van der Waals surface area contributed by atoms with Crippen LogP contribution in [0.4, 0.5) is 16.0 Å². The first-order chi connectivity index (χ1) is 15.7. The zero-order chi connectivity index (χ0) is 23.9. The molecule has 0 saturated carbocycles. The second-order valence-corrected chi connectivity index (χ2v) is 10.8. The summed E-state index contributed by atoms with van der Waals surface area (Å²) in [5.41, 5.74) is 0.392. The number of pyridine rings is 1. The maximum Gasteiger partial charge on any atom is 0.249 e. The molecule has 4 rings (SSSR count). The molecule has 15 heteroatoms.